The molecule has 0 saturated carbocycles. The monoisotopic (exact) mass is 233 g/mol. The summed E-state index contributed by atoms with van der Waals surface area (Å²) < 4.78 is 0. The molecule has 0 aromatic heterocycles. The van der Waals surface area contributed by atoms with Gasteiger partial charge in [0.2, 0.25) is 0 Å². The highest BCUT2D eigenvalue weighted by molar-refractivity contribution is 5.24. The van der Waals surface area contributed by atoms with Crippen LogP contribution in [0.1, 0.15) is 31.7 Å². The summed E-state index contributed by atoms with van der Waals surface area (Å²) >= 11 is 0. The first-order valence-corrected chi connectivity index (χ1v) is 6.63. The Hall–Kier alpha value is -0.860. The first kappa shape index (κ1) is 12.6. The highest BCUT2D eigenvalue weighted by Crippen LogP contribution is 2.39. The number of hydrogen-bond donors (Lipinski definition) is 1. The normalized spacial score (nSPS) is 30.4. The number of aliphatic hydroxyl groups is 1. The Labute approximate surface area is 104 Å². The number of benzene rings is 1. The first-order valence-electron chi connectivity index (χ1n) is 6.63. The molecule has 0 amide bonds. The average molecular weight is 233 g/mol. The Morgan fingerprint density at radius 1 is 1.35 bits per heavy atom. The lowest BCUT2D eigenvalue weighted by molar-refractivity contribution is -0.0762. The molecule has 1 aliphatic rings. The maximum absolute atomic E-state index is 11.0. The second kappa shape index (κ2) is 5.19. The van der Waals surface area contributed by atoms with Crippen LogP contribution in [0.5, 0.6) is 0 Å². The van der Waals surface area contributed by atoms with E-state index < -0.39 is 5.60 Å². The molecule has 17 heavy (non-hydrogen) atoms. The second-order valence-electron chi connectivity index (χ2n) is 5.29. The lowest BCUT2D eigenvalue weighted by Crippen LogP contribution is -2.48. The topological polar surface area (TPSA) is 23.5 Å². The fourth-order valence-corrected chi connectivity index (χ4v) is 2.97. The molecule has 0 spiro atoms. The zero-order valence-electron chi connectivity index (χ0n) is 10.9. The third-order valence-electron chi connectivity index (χ3n) is 3.99. The maximum atomic E-state index is 11.0. The van der Waals surface area contributed by atoms with Gasteiger partial charge in [0, 0.05) is 19.0 Å². The van der Waals surface area contributed by atoms with Gasteiger partial charge in [-0.05, 0) is 25.5 Å². The van der Waals surface area contributed by atoms with E-state index in [2.05, 4.69) is 31.0 Å². The van der Waals surface area contributed by atoms with Crippen molar-refractivity contribution in [1.29, 1.82) is 0 Å². The van der Waals surface area contributed by atoms with E-state index in [-0.39, 0.29) is 0 Å². The molecule has 94 valence electrons. The van der Waals surface area contributed by atoms with Gasteiger partial charge < -0.3 is 10.0 Å². The predicted molar refractivity (Wildman–Crippen MR) is 70.9 cm³/mol. The van der Waals surface area contributed by atoms with E-state index >= 15 is 0 Å². The molecule has 1 saturated heterocycles. The van der Waals surface area contributed by atoms with E-state index in [1.807, 2.05) is 18.2 Å². The number of piperidine rings is 1. The van der Waals surface area contributed by atoms with Crippen molar-refractivity contribution in [3.05, 3.63) is 35.9 Å². The third kappa shape index (κ3) is 2.53. The van der Waals surface area contributed by atoms with Crippen LogP contribution < -0.4 is 0 Å². The van der Waals surface area contributed by atoms with Crippen molar-refractivity contribution < 1.29 is 5.11 Å². The van der Waals surface area contributed by atoms with Gasteiger partial charge >= 0.3 is 0 Å². The van der Waals surface area contributed by atoms with Gasteiger partial charge in [0.05, 0.1) is 5.60 Å². The van der Waals surface area contributed by atoms with Crippen LogP contribution in [0.3, 0.4) is 0 Å². The number of nitrogens with zero attached hydrogens (tertiary/aromatic N) is 1. The van der Waals surface area contributed by atoms with Gasteiger partial charge in [-0.2, -0.15) is 0 Å². The van der Waals surface area contributed by atoms with E-state index in [0.717, 1.165) is 37.9 Å². The van der Waals surface area contributed by atoms with Crippen LogP contribution in [0.2, 0.25) is 0 Å². The van der Waals surface area contributed by atoms with Crippen molar-refractivity contribution in [2.45, 2.75) is 31.8 Å². The van der Waals surface area contributed by atoms with Crippen molar-refractivity contribution in [3.8, 4) is 0 Å². The molecule has 0 unspecified atom stereocenters. The highest BCUT2D eigenvalue weighted by atomic mass is 16.3. The average Bonchev–Trinajstić information content (AvgIpc) is 2.35. The van der Waals surface area contributed by atoms with Crippen molar-refractivity contribution in [1.82, 2.24) is 4.90 Å². The molecule has 1 heterocycles. The number of likely N-dealkylation sites (tertiary alicyclic amines) is 1. The third-order valence-corrected chi connectivity index (χ3v) is 3.99. The molecule has 0 aliphatic carbocycles. The molecule has 2 nitrogen and oxygen atoms in total. The fourth-order valence-electron chi connectivity index (χ4n) is 2.97. The van der Waals surface area contributed by atoms with Crippen molar-refractivity contribution in [2.24, 2.45) is 5.92 Å². The number of rotatable bonds is 3. The second-order valence-corrected chi connectivity index (χ2v) is 5.29. The van der Waals surface area contributed by atoms with Gasteiger partial charge in [-0.25, -0.2) is 0 Å². The van der Waals surface area contributed by atoms with Crippen molar-refractivity contribution in [2.75, 3.05) is 20.1 Å². The number of hydrogen-bond acceptors (Lipinski definition) is 2. The van der Waals surface area contributed by atoms with Crippen LogP contribution in [0, 0.1) is 5.92 Å². The molecule has 0 radical (unpaired) electrons. The zero-order valence-corrected chi connectivity index (χ0v) is 10.9. The van der Waals surface area contributed by atoms with Crippen LogP contribution in [-0.4, -0.2) is 30.1 Å². The van der Waals surface area contributed by atoms with Gasteiger partial charge in [-0.15, -0.1) is 0 Å². The van der Waals surface area contributed by atoms with E-state index in [4.69, 9.17) is 0 Å². The molecule has 2 atom stereocenters. The lowest BCUT2D eigenvalue weighted by atomic mass is 9.74. The predicted octanol–water partition coefficient (Wildman–Crippen LogP) is 2.63. The Kier molecular flexibility index (Phi) is 3.85. The largest absolute Gasteiger partial charge is 0.385 e. The minimum atomic E-state index is -0.621. The van der Waals surface area contributed by atoms with Crippen LogP contribution in [-0.2, 0) is 5.60 Å². The van der Waals surface area contributed by atoms with Crippen LogP contribution in [0.4, 0.5) is 0 Å². The molecule has 1 aliphatic heterocycles. The smallest absolute Gasteiger partial charge is 0.0948 e. The highest BCUT2D eigenvalue weighted by Gasteiger charge is 2.41. The SMILES string of the molecule is CCC[C@@H]1CN(C)CC[C@@]1(O)c1ccccc1. The molecule has 1 aromatic carbocycles. The summed E-state index contributed by atoms with van der Waals surface area (Å²) in [5, 5.41) is 11.0. The quantitative estimate of drug-likeness (QED) is 0.867. The summed E-state index contributed by atoms with van der Waals surface area (Å²) in [5.41, 5.74) is 0.468. The molecule has 1 aromatic rings. The Morgan fingerprint density at radius 2 is 2.06 bits per heavy atom. The molecular formula is C15H23NO. The van der Waals surface area contributed by atoms with Gasteiger partial charge in [0.25, 0.3) is 0 Å². The summed E-state index contributed by atoms with van der Waals surface area (Å²) in [6, 6.07) is 10.2. The van der Waals surface area contributed by atoms with Gasteiger partial charge in [-0.3, -0.25) is 0 Å². The summed E-state index contributed by atoms with van der Waals surface area (Å²) in [7, 11) is 2.15. The molecule has 0 bridgehead atoms. The van der Waals surface area contributed by atoms with Crippen LogP contribution in [0.15, 0.2) is 30.3 Å². The van der Waals surface area contributed by atoms with Gasteiger partial charge in [0.15, 0.2) is 0 Å². The Balaban J connectivity index is 2.26. The minimum absolute atomic E-state index is 0.355. The lowest BCUT2D eigenvalue weighted by Gasteiger charge is -2.44. The fraction of sp³-hybridized carbons (Fsp3) is 0.600. The zero-order chi connectivity index (χ0) is 12.3. The van der Waals surface area contributed by atoms with Gasteiger partial charge in [-0.1, -0.05) is 43.7 Å². The maximum Gasteiger partial charge on any atom is 0.0948 e. The van der Waals surface area contributed by atoms with E-state index in [9.17, 15) is 5.11 Å². The summed E-state index contributed by atoms with van der Waals surface area (Å²) in [6.07, 6.45) is 3.07. The van der Waals surface area contributed by atoms with E-state index in [0.29, 0.717) is 5.92 Å². The van der Waals surface area contributed by atoms with Crippen molar-refractivity contribution >= 4 is 0 Å². The summed E-state index contributed by atoms with van der Waals surface area (Å²) in [5.74, 6) is 0.355. The summed E-state index contributed by atoms with van der Waals surface area (Å²) in [6.45, 7) is 4.17. The molecule has 1 N–H and O–H groups in total. The van der Waals surface area contributed by atoms with Crippen molar-refractivity contribution in [3.63, 3.8) is 0 Å². The Morgan fingerprint density at radius 3 is 2.71 bits per heavy atom. The van der Waals surface area contributed by atoms with E-state index in [1.54, 1.807) is 0 Å². The van der Waals surface area contributed by atoms with E-state index in [1.165, 1.54) is 0 Å². The van der Waals surface area contributed by atoms with Gasteiger partial charge in [0.1, 0.15) is 0 Å². The first-order chi connectivity index (χ1) is 8.16. The summed E-state index contributed by atoms with van der Waals surface area (Å²) in [4.78, 5) is 2.33. The molecule has 1 fully saturated rings. The minimum Gasteiger partial charge on any atom is -0.385 e. The molecule has 2 heteroatoms. The standard InChI is InChI=1S/C15H23NO/c1-3-7-14-12-16(2)11-10-15(14,17)13-8-5-4-6-9-13/h4-6,8-9,14,17H,3,7,10-12H2,1-2H3/t14-,15-/m1/s1. The molecular weight excluding hydrogens is 210 g/mol. The van der Waals surface area contributed by atoms with Crippen LogP contribution in [0.25, 0.3) is 0 Å². The Bertz CT molecular complexity index is 351. The van der Waals surface area contributed by atoms with Crippen LogP contribution >= 0.6 is 0 Å². The molecule has 2 rings (SSSR count).